The summed E-state index contributed by atoms with van der Waals surface area (Å²) >= 11 is 0. The molecule has 0 unspecified atom stereocenters. The lowest BCUT2D eigenvalue weighted by Gasteiger charge is -2.04. The third kappa shape index (κ3) is 3.27. The van der Waals surface area contributed by atoms with Gasteiger partial charge in [-0.05, 0) is 24.6 Å². The number of azo groups is 1. The zero-order valence-electron chi connectivity index (χ0n) is 11.3. The van der Waals surface area contributed by atoms with Crippen molar-refractivity contribution in [2.24, 2.45) is 10.2 Å². The summed E-state index contributed by atoms with van der Waals surface area (Å²) in [6, 6.07) is 4.14. The fourth-order valence-electron chi connectivity index (χ4n) is 1.59. The summed E-state index contributed by atoms with van der Waals surface area (Å²) in [5, 5.41) is 16.9. The molecule has 0 atom stereocenters. The third-order valence-electron chi connectivity index (χ3n) is 2.56. The molecule has 11 heteroatoms. The number of hydrogen-bond donors (Lipinski definition) is 4. The van der Waals surface area contributed by atoms with Crippen LogP contribution in [-0.2, 0) is 10.1 Å². The Morgan fingerprint density at radius 2 is 1.86 bits per heavy atom. The summed E-state index contributed by atoms with van der Waals surface area (Å²) in [6.45, 7) is 1.65. The maximum atomic E-state index is 11.3. The quantitative estimate of drug-likeness (QED) is 0.482. The van der Waals surface area contributed by atoms with Crippen molar-refractivity contribution in [1.82, 2.24) is 9.97 Å². The van der Waals surface area contributed by atoms with Gasteiger partial charge >= 0.3 is 0 Å². The van der Waals surface area contributed by atoms with Gasteiger partial charge in [-0.25, -0.2) is 0 Å². The minimum atomic E-state index is -4.49. The number of aryl methyl sites for hydroxylation is 1. The van der Waals surface area contributed by atoms with E-state index in [9.17, 15) is 18.1 Å². The molecule has 0 amide bonds. The first-order valence-electron chi connectivity index (χ1n) is 5.80. The van der Waals surface area contributed by atoms with Crippen LogP contribution < -0.4 is 11.5 Å². The lowest BCUT2D eigenvalue weighted by Crippen LogP contribution is -2.00. The van der Waals surface area contributed by atoms with E-state index in [0.29, 0.717) is 5.56 Å². The molecule has 1 aromatic heterocycles. The van der Waals surface area contributed by atoms with Gasteiger partial charge in [-0.2, -0.15) is 18.4 Å². The number of anilines is 2. The van der Waals surface area contributed by atoms with Crippen molar-refractivity contribution in [2.75, 3.05) is 11.5 Å². The zero-order valence-corrected chi connectivity index (χ0v) is 12.1. The summed E-state index contributed by atoms with van der Waals surface area (Å²) in [7, 11) is -4.49. The number of rotatable bonds is 3. The van der Waals surface area contributed by atoms with Crippen LogP contribution in [0.25, 0.3) is 0 Å². The fourth-order valence-corrected chi connectivity index (χ4v) is 2.30. The molecule has 0 aliphatic rings. The van der Waals surface area contributed by atoms with Crippen LogP contribution in [0.1, 0.15) is 5.56 Å². The Kier molecular flexibility index (Phi) is 3.93. The molecule has 10 nitrogen and oxygen atoms in total. The summed E-state index contributed by atoms with van der Waals surface area (Å²) in [6.07, 6.45) is 0. The second-order valence-corrected chi connectivity index (χ2v) is 5.68. The standard InChI is InChI=1S/C11H12N6O4S/c1-5-2-3-6(7(4-5)22(19,20)21)16-17-8-9(12)14-11(13)15-10(8)18/h2-4H,1H3,(H,19,20,21)(H5,12,13,14,15,18)/b17-16+. The molecule has 0 radical (unpaired) electrons. The van der Waals surface area contributed by atoms with Crippen molar-refractivity contribution < 1.29 is 18.1 Å². The number of nitrogens with zero attached hydrogens (tertiary/aromatic N) is 4. The van der Waals surface area contributed by atoms with Crippen LogP contribution in [0.2, 0.25) is 0 Å². The monoisotopic (exact) mass is 324 g/mol. The van der Waals surface area contributed by atoms with Crippen molar-refractivity contribution in [3.63, 3.8) is 0 Å². The summed E-state index contributed by atoms with van der Waals surface area (Å²) in [4.78, 5) is 6.62. The van der Waals surface area contributed by atoms with Gasteiger partial charge in [-0.1, -0.05) is 6.07 Å². The zero-order chi connectivity index (χ0) is 16.5. The Labute approximate surface area is 125 Å². The number of benzene rings is 1. The Hall–Kier alpha value is -2.79. The van der Waals surface area contributed by atoms with Crippen molar-refractivity contribution >= 4 is 33.3 Å². The maximum absolute atomic E-state index is 11.3. The van der Waals surface area contributed by atoms with Crippen molar-refractivity contribution in [2.45, 2.75) is 11.8 Å². The van der Waals surface area contributed by atoms with E-state index in [1.165, 1.54) is 12.1 Å². The fraction of sp³-hybridized carbons (Fsp3) is 0.0909. The molecule has 1 heterocycles. The van der Waals surface area contributed by atoms with Gasteiger partial charge in [0.05, 0.1) is 0 Å². The van der Waals surface area contributed by atoms with Crippen LogP contribution in [0.4, 0.5) is 23.1 Å². The Morgan fingerprint density at radius 1 is 1.18 bits per heavy atom. The first-order valence-corrected chi connectivity index (χ1v) is 7.24. The predicted molar refractivity (Wildman–Crippen MR) is 77.7 cm³/mol. The van der Waals surface area contributed by atoms with E-state index in [0.717, 1.165) is 0 Å². The number of aromatic hydroxyl groups is 1. The predicted octanol–water partition coefficient (Wildman–Crippen LogP) is 1.32. The molecular weight excluding hydrogens is 312 g/mol. The Bertz CT molecular complexity index is 842. The van der Waals surface area contributed by atoms with E-state index in [1.54, 1.807) is 13.0 Å². The minimum Gasteiger partial charge on any atom is -0.492 e. The number of aromatic nitrogens is 2. The van der Waals surface area contributed by atoms with Crippen LogP contribution in [0, 0.1) is 6.92 Å². The first kappa shape index (κ1) is 15.6. The van der Waals surface area contributed by atoms with E-state index >= 15 is 0 Å². The highest BCUT2D eigenvalue weighted by Crippen LogP contribution is 2.33. The molecule has 6 N–H and O–H groups in total. The van der Waals surface area contributed by atoms with E-state index in [2.05, 4.69) is 20.2 Å². The van der Waals surface area contributed by atoms with Crippen molar-refractivity contribution in [3.05, 3.63) is 23.8 Å². The van der Waals surface area contributed by atoms with Gasteiger partial charge in [-0.3, -0.25) is 4.55 Å². The van der Waals surface area contributed by atoms with E-state index in [4.69, 9.17) is 11.5 Å². The van der Waals surface area contributed by atoms with Gasteiger partial charge < -0.3 is 16.6 Å². The van der Waals surface area contributed by atoms with Crippen molar-refractivity contribution in [1.29, 1.82) is 0 Å². The van der Waals surface area contributed by atoms with Crippen LogP contribution in [0.15, 0.2) is 33.3 Å². The Balaban J connectivity index is 2.53. The Morgan fingerprint density at radius 3 is 2.45 bits per heavy atom. The molecule has 116 valence electrons. The molecule has 0 spiro atoms. The first-order chi connectivity index (χ1) is 10.2. The van der Waals surface area contributed by atoms with Gasteiger partial charge in [-0.15, -0.1) is 10.2 Å². The largest absolute Gasteiger partial charge is 0.492 e. The SMILES string of the molecule is Cc1ccc(/N=N/c2c(N)nc(N)nc2O)c(S(=O)(=O)O)c1. The van der Waals surface area contributed by atoms with Gasteiger partial charge in [0.2, 0.25) is 11.8 Å². The van der Waals surface area contributed by atoms with E-state index in [1.807, 2.05) is 0 Å². The average Bonchev–Trinajstić information content (AvgIpc) is 2.37. The molecule has 0 saturated heterocycles. The second kappa shape index (κ2) is 5.54. The van der Waals surface area contributed by atoms with Crippen LogP contribution >= 0.6 is 0 Å². The topological polar surface area (TPSA) is 177 Å². The van der Waals surface area contributed by atoms with Gasteiger partial charge in [0.25, 0.3) is 10.1 Å². The molecule has 22 heavy (non-hydrogen) atoms. The molecule has 0 fully saturated rings. The third-order valence-corrected chi connectivity index (χ3v) is 3.44. The highest BCUT2D eigenvalue weighted by molar-refractivity contribution is 7.86. The van der Waals surface area contributed by atoms with E-state index in [-0.39, 0.29) is 23.1 Å². The lowest BCUT2D eigenvalue weighted by molar-refractivity contribution is 0.455. The van der Waals surface area contributed by atoms with E-state index < -0.39 is 20.9 Å². The highest BCUT2D eigenvalue weighted by Gasteiger charge is 2.16. The van der Waals surface area contributed by atoms with Crippen LogP contribution in [0.3, 0.4) is 0 Å². The molecular formula is C11H12N6O4S. The number of nitrogens with two attached hydrogens (primary N) is 2. The smallest absolute Gasteiger partial charge is 0.296 e. The number of hydrogen-bond acceptors (Lipinski definition) is 9. The molecule has 0 bridgehead atoms. The minimum absolute atomic E-state index is 0.135. The summed E-state index contributed by atoms with van der Waals surface area (Å²) in [5.74, 6) is -1.08. The van der Waals surface area contributed by atoms with Crippen LogP contribution in [-0.4, -0.2) is 28.0 Å². The molecule has 0 aliphatic heterocycles. The van der Waals surface area contributed by atoms with Crippen LogP contribution in [0.5, 0.6) is 5.88 Å². The lowest BCUT2D eigenvalue weighted by atomic mass is 10.2. The number of nitrogen functional groups attached to an aromatic ring is 2. The normalized spacial score (nSPS) is 11.9. The second-order valence-electron chi connectivity index (χ2n) is 4.29. The van der Waals surface area contributed by atoms with Gasteiger partial charge in [0, 0.05) is 0 Å². The average molecular weight is 324 g/mol. The summed E-state index contributed by atoms with van der Waals surface area (Å²) < 4.78 is 31.9. The van der Waals surface area contributed by atoms with Crippen molar-refractivity contribution in [3.8, 4) is 5.88 Å². The molecule has 1 aromatic carbocycles. The molecule has 2 rings (SSSR count). The molecule has 2 aromatic rings. The maximum Gasteiger partial charge on any atom is 0.296 e. The van der Waals surface area contributed by atoms with Gasteiger partial charge in [0.15, 0.2) is 11.5 Å². The summed E-state index contributed by atoms with van der Waals surface area (Å²) in [5.41, 5.74) is 11.0. The molecule has 0 saturated carbocycles. The highest BCUT2D eigenvalue weighted by atomic mass is 32.2. The molecule has 0 aliphatic carbocycles. The van der Waals surface area contributed by atoms with Gasteiger partial charge in [0.1, 0.15) is 10.6 Å².